The van der Waals surface area contributed by atoms with Crippen LogP contribution in [0.4, 0.5) is 24.9 Å². The van der Waals surface area contributed by atoms with E-state index in [1.807, 2.05) is 35.0 Å². The van der Waals surface area contributed by atoms with Gasteiger partial charge < -0.3 is 28.8 Å². The first-order chi connectivity index (χ1) is 24.2. The van der Waals surface area contributed by atoms with Gasteiger partial charge in [0.2, 0.25) is 5.95 Å². The minimum Gasteiger partial charge on any atom is -0.459 e. The van der Waals surface area contributed by atoms with Gasteiger partial charge in [-0.3, -0.25) is 9.80 Å². The van der Waals surface area contributed by atoms with Gasteiger partial charge in [0.1, 0.15) is 29.8 Å². The molecule has 1 fully saturated rings. The van der Waals surface area contributed by atoms with E-state index < -0.39 is 38.4 Å². The van der Waals surface area contributed by atoms with Crippen LogP contribution in [-0.4, -0.2) is 51.6 Å². The molecule has 12 nitrogen and oxygen atoms in total. The summed E-state index contributed by atoms with van der Waals surface area (Å²) in [7, 11) is -2.01. The Morgan fingerprint density at radius 3 is 2.59 bits per heavy atom. The molecule has 2 aromatic carbocycles. The molecule has 1 saturated heterocycles. The Hall–Kier alpha value is -3.37. The minimum atomic E-state index is -4.59. The van der Waals surface area contributed by atoms with Gasteiger partial charge >= 0.3 is 20.7 Å². The van der Waals surface area contributed by atoms with Crippen molar-refractivity contribution in [2.24, 2.45) is 5.92 Å². The largest absolute Gasteiger partial charge is 0.459 e. The van der Waals surface area contributed by atoms with Crippen LogP contribution in [0, 0.1) is 5.92 Å². The smallest absolute Gasteiger partial charge is 0.416 e. The molecule has 0 radical (unpaired) electrons. The van der Waals surface area contributed by atoms with Gasteiger partial charge in [0.05, 0.1) is 23.7 Å². The van der Waals surface area contributed by atoms with E-state index in [9.17, 15) is 18.0 Å². The molecular formula is C33H40ClF3N7O5PS. The maximum Gasteiger partial charge on any atom is 0.416 e. The maximum atomic E-state index is 13.5. The third-order valence-electron chi connectivity index (χ3n) is 8.01. The first-order valence-electron chi connectivity index (χ1n) is 16.0. The number of fused-ring (bicyclic) bond motifs is 1. The summed E-state index contributed by atoms with van der Waals surface area (Å²) in [6.07, 6.45) is -0.877. The highest BCUT2D eigenvalue weighted by Gasteiger charge is 2.39. The number of nitrogens with zero attached hydrogens (tertiary/aromatic N) is 4. The second-order valence-electron chi connectivity index (χ2n) is 12.3. The molecule has 4 aromatic rings. The molecule has 4 N–H and O–H groups in total. The molecule has 4 unspecified atom stereocenters. The van der Waals surface area contributed by atoms with Crippen molar-refractivity contribution in [1.29, 1.82) is 0 Å². The molecular weight excluding hydrogens is 730 g/mol. The summed E-state index contributed by atoms with van der Waals surface area (Å²) in [4.78, 5) is 25.4. The molecule has 3 heterocycles. The highest BCUT2D eigenvalue weighted by atomic mass is 35.5. The lowest BCUT2D eigenvalue weighted by molar-refractivity contribution is -0.152. The van der Waals surface area contributed by atoms with Gasteiger partial charge in [-0.1, -0.05) is 48.7 Å². The van der Waals surface area contributed by atoms with Crippen LogP contribution in [0.5, 0.6) is 5.75 Å². The van der Waals surface area contributed by atoms with Crippen LogP contribution in [0.3, 0.4) is 0 Å². The Bertz CT molecular complexity index is 1800. The summed E-state index contributed by atoms with van der Waals surface area (Å²) in [5.74, 6) is 0.466. The molecule has 4 atom stereocenters. The number of carbonyl (C=O) groups is 1. The molecule has 18 heteroatoms. The van der Waals surface area contributed by atoms with Crippen molar-refractivity contribution in [2.45, 2.75) is 64.8 Å². The van der Waals surface area contributed by atoms with Crippen LogP contribution in [0.25, 0.3) is 11.0 Å². The van der Waals surface area contributed by atoms with Gasteiger partial charge in [-0.2, -0.15) is 28.0 Å². The number of nitrogens with one attached hydrogen (secondary N) is 2. The minimum absolute atomic E-state index is 0.0582. The molecule has 0 bridgehead atoms. The van der Waals surface area contributed by atoms with Crippen LogP contribution in [0.1, 0.15) is 51.5 Å². The van der Waals surface area contributed by atoms with Gasteiger partial charge in [0.15, 0.2) is 5.82 Å². The molecule has 276 valence electrons. The van der Waals surface area contributed by atoms with Gasteiger partial charge in [0, 0.05) is 29.2 Å². The van der Waals surface area contributed by atoms with Crippen LogP contribution in [0.2, 0.25) is 5.02 Å². The van der Waals surface area contributed by atoms with Crippen LogP contribution in [0.15, 0.2) is 60.8 Å². The van der Waals surface area contributed by atoms with Crippen molar-refractivity contribution in [3.63, 3.8) is 0 Å². The average molecular weight is 770 g/mol. The quantitative estimate of drug-likeness (QED) is 0.0474. The summed E-state index contributed by atoms with van der Waals surface area (Å²) in [5, 5.41) is 6.26. The number of ether oxygens (including phenoxy) is 2. The number of hydrogen-bond donors (Lipinski definition) is 3. The molecule has 2 aromatic heterocycles. The number of alkyl halides is 3. The molecule has 1 aliphatic rings. The first-order valence-corrected chi connectivity index (χ1v) is 18.8. The number of esters is 1. The predicted octanol–water partition coefficient (Wildman–Crippen LogP) is 7.65. The van der Waals surface area contributed by atoms with Crippen molar-refractivity contribution in [2.75, 3.05) is 30.1 Å². The Balaban J connectivity index is 1.29. The number of rotatable bonds is 15. The third kappa shape index (κ3) is 9.55. The van der Waals surface area contributed by atoms with E-state index in [0.29, 0.717) is 35.2 Å². The van der Waals surface area contributed by atoms with Crippen molar-refractivity contribution >= 4 is 60.8 Å². The fourth-order valence-electron chi connectivity index (χ4n) is 5.52. The molecule has 0 amide bonds. The third-order valence-corrected chi connectivity index (χ3v) is 10.2. The lowest BCUT2D eigenvalue weighted by atomic mass is 10.1. The SMILES string of the molecule is CCN(NSC)c1nc(N)nc2c1ccn2C1OC(COP(NC(C)(C)C(=O)OCc2ccccc2C(F)(F)F)Oc2ccc(Cl)cc2)CC1C. The van der Waals surface area contributed by atoms with Crippen LogP contribution in [-0.2, 0) is 31.6 Å². The number of hydrogen-bond acceptors (Lipinski definition) is 12. The number of halogens is 4. The summed E-state index contributed by atoms with van der Waals surface area (Å²) in [5.41, 5.74) is 4.32. The number of carbonyl (C=O) groups excluding carboxylic acids is 1. The topological polar surface area (TPSA) is 138 Å². The summed E-state index contributed by atoms with van der Waals surface area (Å²) in [6, 6.07) is 13.5. The van der Waals surface area contributed by atoms with Crippen molar-refractivity contribution in [1.82, 2.24) is 24.5 Å². The molecule has 0 saturated carbocycles. The van der Waals surface area contributed by atoms with Gasteiger partial charge in [-0.25, -0.2) is 5.09 Å². The highest BCUT2D eigenvalue weighted by Crippen LogP contribution is 2.42. The van der Waals surface area contributed by atoms with E-state index in [1.54, 1.807) is 24.3 Å². The number of nitrogen functional groups attached to an aromatic ring is 1. The zero-order valence-corrected chi connectivity index (χ0v) is 31.1. The first kappa shape index (κ1) is 38.9. The fraction of sp³-hybridized carbons (Fsp3) is 0.424. The Labute approximate surface area is 304 Å². The lowest BCUT2D eigenvalue weighted by Gasteiger charge is -2.29. The highest BCUT2D eigenvalue weighted by molar-refractivity contribution is 7.96. The van der Waals surface area contributed by atoms with Crippen LogP contribution >= 0.6 is 32.1 Å². The van der Waals surface area contributed by atoms with Crippen molar-refractivity contribution in [3.05, 3.63) is 76.9 Å². The Kier molecular flexibility index (Phi) is 12.6. The van der Waals surface area contributed by atoms with E-state index in [1.165, 1.54) is 44.0 Å². The number of nitrogens with two attached hydrogens (primary N) is 1. The van der Waals surface area contributed by atoms with E-state index in [2.05, 4.69) is 26.8 Å². The summed E-state index contributed by atoms with van der Waals surface area (Å²) < 4.78 is 66.6. The summed E-state index contributed by atoms with van der Waals surface area (Å²) in [6.45, 7) is 7.31. The standard InChI is InChI=1S/C33H40ClF3N7O5PS/c1-6-44(42-51-5)28-25-15-16-43(27(25)39-31(38)40-28)29-20(2)17-24(48-29)19-47-50(49-23-13-11-22(34)12-14-23)41-32(3,4)30(45)46-18-21-9-7-8-10-26(21)33(35,36)37/h7-16,20,24,29,41-42H,6,17-19H2,1-5H3,(H2,38,39,40). The second-order valence-corrected chi connectivity index (χ2v) is 14.5. The molecule has 1 aliphatic heterocycles. The van der Waals surface area contributed by atoms with E-state index in [-0.39, 0.29) is 36.4 Å². The van der Waals surface area contributed by atoms with E-state index in [4.69, 9.17) is 35.9 Å². The normalized spacial score (nSPS) is 18.6. The fourth-order valence-corrected chi connectivity index (χ4v) is 7.41. The number of aromatic nitrogens is 3. The number of hydrazine groups is 1. The average Bonchev–Trinajstić information content (AvgIpc) is 3.67. The lowest BCUT2D eigenvalue weighted by Crippen LogP contribution is -2.46. The van der Waals surface area contributed by atoms with E-state index >= 15 is 0 Å². The summed E-state index contributed by atoms with van der Waals surface area (Å²) >= 11 is 7.50. The van der Waals surface area contributed by atoms with Gasteiger partial charge in [0.25, 0.3) is 0 Å². The van der Waals surface area contributed by atoms with Gasteiger partial charge in [-0.15, -0.1) is 0 Å². The van der Waals surface area contributed by atoms with Gasteiger partial charge in [-0.05, 0) is 69.8 Å². The molecule has 0 spiro atoms. The molecule has 0 aliphatic carbocycles. The second kappa shape index (κ2) is 16.5. The van der Waals surface area contributed by atoms with Crippen LogP contribution < -0.4 is 25.2 Å². The predicted molar refractivity (Wildman–Crippen MR) is 193 cm³/mol. The van der Waals surface area contributed by atoms with Crippen molar-refractivity contribution in [3.8, 4) is 5.75 Å². The number of benzene rings is 2. The Morgan fingerprint density at radius 2 is 1.90 bits per heavy atom. The zero-order valence-electron chi connectivity index (χ0n) is 28.6. The Morgan fingerprint density at radius 1 is 1.18 bits per heavy atom. The molecule has 51 heavy (non-hydrogen) atoms. The van der Waals surface area contributed by atoms with E-state index in [0.717, 1.165) is 11.5 Å². The van der Waals surface area contributed by atoms with Crippen molar-refractivity contribution < 1.29 is 36.5 Å². The zero-order chi connectivity index (χ0) is 36.9. The monoisotopic (exact) mass is 769 g/mol. The maximum absolute atomic E-state index is 13.5. The molecule has 5 rings (SSSR count). The number of anilines is 2.